The minimum absolute atomic E-state index is 0. The number of rotatable bonds is 6. The Morgan fingerprint density at radius 1 is 1.26 bits per heavy atom. The highest BCUT2D eigenvalue weighted by Gasteiger charge is 2.06. The molecular weight excluding hydrogens is 410 g/mol. The van der Waals surface area contributed by atoms with Gasteiger partial charge in [-0.3, -0.25) is 4.79 Å². The molecule has 0 saturated heterocycles. The second-order valence-electron chi connectivity index (χ2n) is 5.21. The van der Waals surface area contributed by atoms with E-state index in [4.69, 9.17) is 0 Å². The molecule has 1 rings (SSSR count). The van der Waals surface area contributed by atoms with Gasteiger partial charge in [-0.25, -0.2) is 9.38 Å². The Kier molecular flexibility index (Phi) is 10.2. The Bertz CT molecular complexity index is 561. The first-order valence-corrected chi connectivity index (χ1v) is 7.00. The van der Waals surface area contributed by atoms with E-state index in [1.165, 1.54) is 11.0 Å². The van der Waals surface area contributed by atoms with Gasteiger partial charge in [0.2, 0.25) is 5.91 Å². The molecule has 0 saturated carbocycles. The number of nitrogens with zero attached hydrogens (tertiary/aromatic N) is 2. The summed E-state index contributed by atoms with van der Waals surface area (Å²) in [6, 6.07) is 6.48. The predicted molar refractivity (Wildman–Crippen MR) is 102 cm³/mol. The summed E-state index contributed by atoms with van der Waals surface area (Å²) in [6.07, 6.45) is 0. The monoisotopic (exact) mass is 434 g/mol. The molecular formula is C16H24FIN4O. The molecule has 1 amide bonds. The van der Waals surface area contributed by atoms with Crippen molar-refractivity contribution in [1.82, 2.24) is 15.5 Å². The molecule has 7 heteroatoms. The number of carbonyl (C=O) groups excluding carboxylic acids is 1. The number of guanidine groups is 1. The highest BCUT2D eigenvalue weighted by molar-refractivity contribution is 14.0. The zero-order valence-electron chi connectivity index (χ0n) is 13.7. The van der Waals surface area contributed by atoms with Gasteiger partial charge in [0.05, 0.1) is 13.1 Å². The Labute approximate surface area is 154 Å². The van der Waals surface area contributed by atoms with E-state index in [9.17, 15) is 9.18 Å². The molecule has 0 aliphatic carbocycles. The van der Waals surface area contributed by atoms with Gasteiger partial charge in [-0.05, 0) is 13.0 Å². The van der Waals surface area contributed by atoms with Crippen molar-refractivity contribution in [2.75, 3.05) is 27.2 Å². The Hall–Kier alpha value is -1.64. The number of nitrogens with one attached hydrogen (secondary N) is 2. The number of aliphatic imine (C=N–C) groups is 1. The van der Waals surface area contributed by atoms with E-state index in [1.807, 2.05) is 6.92 Å². The van der Waals surface area contributed by atoms with Crippen LogP contribution in [0.1, 0.15) is 12.5 Å². The average molecular weight is 434 g/mol. The number of benzene rings is 1. The molecule has 0 aromatic heterocycles. The van der Waals surface area contributed by atoms with Gasteiger partial charge >= 0.3 is 0 Å². The molecule has 0 bridgehead atoms. The summed E-state index contributed by atoms with van der Waals surface area (Å²) in [7, 11) is 3.36. The molecule has 1 aromatic carbocycles. The van der Waals surface area contributed by atoms with Crippen molar-refractivity contribution in [1.29, 1.82) is 0 Å². The standard InChI is InChI=1S/C16H23FN4O.HI/c1-12(2)9-18-16(20-11-15(22)21(3)4)19-10-13-7-5-6-8-14(13)17;/h5-8H,1,9-11H2,2-4H3,(H2,18,19,20);1H. The lowest BCUT2D eigenvalue weighted by Crippen LogP contribution is -2.43. The van der Waals surface area contributed by atoms with Gasteiger partial charge in [-0.2, -0.15) is 0 Å². The SMILES string of the molecule is C=C(C)CNC(=NCc1ccccc1F)NCC(=O)N(C)C.I. The van der Waals surface area contributed by atoms with Crippen LogP contribution in [0.3, 0.4) is 0 Å². The van der Waals surface area contributed by atoms with Gasteiger partial charge in [-0.15, -0.1) is 24.0 Å². The van der Waals surface area contributed by atoms with Crippen LogP contribution in [0.5, 0.6) is 0 Å². The van der Waals surface area contributed by atoms with E-state index in [-0.39, 0.29) is 48.8 Å². The van der Waals surface area contributed by atoms with Crippen molar-refractivity contribution >= 4 is 35.8 Å². The third-order valence-corrected chi connectivity index (χ3v) is 2.83. The van der Waals surface area contributed by atoms with Crippen molar-refractivity contribution in [2.24, 2.45) is 4.99 Å². The first kappa shape index (κ1) is 21.4. The van der Waals surface area contributed by atoms with Crippen LogP contribution in [0.4, 0.5) is 4.39 Å². The van der Waals surface area contributed by atoms with E-state index >= 15 is 0 Å². The van der Waals surface area contributed by atoms with Crippen molar-refractivity contribution in [2.45, 2.75) is 13.5 Å². The smallest absolute Gasteiger partial charge is 0.241 e. The van der Waals surface area contributed by atoms with Crippen LogP contribution in [0.15, 0.2) is 41.4 Å². The van der Waals surface area contributed by atoms with E-state index < -0.39 is 0 Å². The summed E-state index contributed by atoms with van der Waals surface area (Å²) < 4.78 is 13.6. The summed E-state index contributed by atoms with van der Waals surface area (Å²) in [5.74, 6) is 0.0760. The first-order chi connectivity index (χ1) is 10.4. The number of hydrogen-bond acceptors (Lipinski definition) is 2. The molecule has 1 aromatic rings. The van der Waals surface area contributed by atoms with Crippen LogP contribution < -0.4 is 10.6 Å². The molecule has 0 radical (unpaired) electrons. The molecule has 5 nitrogen and oxygen atoms in total. The van der Waals surface area contributed by atoms with Crippen molar-refractivity contribution < 1.29 is 9.18 Å². The Morgan fingerprint density at radius 2 is 1.87 bits per heavy atom. The molecule has 128 valence electrons. The number of amides is 1. The lowest BCUT2D eigenvalue weighted by Gasteiger charge is -2.15. The van der Waals surface area contributed by atoms with Crippen LogP contribution in [-0.4, -0.2) is 44.0 Å². The fourth-order valence-electron chi connectivity index (χ4n) is 1.52. The fraction of sp³-hybridized carbons (Fsp3) is 0.375. The number of halogens is 2. The maximum absolute atomic E-state index is 13.6. The second-order valence-corrected chi connectivity index (χ2v) is 5.21. The quantitative estimate of drug-likeness (QED) is 0.312. The number of likely N-dealkylation sites (N-methyl/N-ethyl adjacent to an activating group) is 1. The van der Waals surface area contributed by atoms with Gasteiger partial charge in [0.1, 0.15) is 5.82 Å². The molecule has 0 heterocycles. The zero-order chi connectivity index (χ0) is 16.5. The third-order valence-electron chi connectivity index (χ3n) is 2.83. The molecule has 0 atom stereocenters. The van der Waals surface area contributed by atoms with E-state index in [1.54, 1.807) is 32.3 Å². The first-order valence-electron chi connectivity index (χ1n) is 7.00. The summed E-state index contributed by atoms with van der Waals surface area (Å²) >= 11 is 0. The molecule has 0 unspecified atom stereocenters. The van der Waals surface area contributed by atoms with Crippen LogP contribution in [-0.2, 0) is 11.3 Å². The van der Waals surface area contributed by atoms with Gasteiger partial charge in [0.25, 0.3) is 0 Å². The zero-order valence-corrected chi connectivity index (χ0v) is 16.1. The van der Waals surface area contributed by atoms with E-state index in [0.717, 1.165) is 5.57 Å². The van der Waals surface area contributed by atoms with Gasteiger partial charge in [-0.1, -0.05) is 30.4 Å². The summed E-state index contributed by atoms with van der Waals surface area (Å²) in [6.45, 7) is 6.52. The number of carbonyl (C=O) groups is 1. The molecule has 0 fully saturated rings. The molecule has 0 spiro atoms. The van der Waals surface area contributed by atoms with Crippen LogP contribution >= 0.6 is 24.0 Å². The predicted octanol–water partition coefficient (Wildman–Crippen LogP) is 2.14. The van der Waals surface area contributed by atoms with Crippen molar-refractivity contribution in [3.63, 3.8) is 0 Å². The molecule has 0 aliphatic rings. The van der Waals surface area contributed by atoms with Gasteiger partial charge < -0.3 is 15.5 Å². The Balaban J connectivity index is 0.00000484. The molecule has 23 heavy (non-hydrogen) atoms. The van der Waals surface area contributed by atoms with E-state index in [0.29, 0.717) is 18.1 Å². The van der Waals surface area contributed by atoms with Crippen LogP contribution in [0, 0.1) is 5.82 Å². The van der Waals surface area contributed by atoms with Crippen LogP contribution in [0.2, 0.25) is 0 Å². The largest absolute Gasteiger partial charge is 0.353 e. The average Bonchev–Trinajstić information content (AvgIpc) is 2.47. The summed E-state index contributed by atoms with van der Waals surface area (Å²) in [5.41, 5.74) is 1.43. The van der Waals surface area contributed by atoms with Gasteiger partial charge in [0, 0.05) is 26.2 Å². The van der Waals surface area contributed by atoms with Crippen molar-refractivity contribution in [3.05, 3.63) is 47.8 Å². The van der Waals surface area contributed by atoms with Gasteiger partial charge in [0.15, 0.2) is 5.96 Å². The highest BCUT2D eigenvalue weighted by Crippen LogP contribution is 2.07. The molecule has 2 N–H and O–H groups in total. The molecule has 0 aliphatic heterocycles. The van der Waals surface area contributed by atoms with Crippen molar-refractivity contribution in [3.8, 4) is 0 Å². The second kappa shape index (κ2) is 11.0. The van der Waals surface area contributed by atoms with E-state index in [2.05, 4.69) is 22.2 Å². The minimum Gasteiger partial charge on any atom is -0.353 e. The van der Waals surface area contributed by atoms with Crippen LogP contribution in [0.25, 0.3) is 0 Å². The lowest BCUT2D eigenvalue weighted by molar-refractivity contribution is -0.127. The normalized spacial score (nSPS) is 10.5. The maximum atomic E-state index is 13.6. The fourth-order valence-corrected chi connectivity index (χ4v) is 1.52. The summed E-state index contributed by atoms with van der Waals surface area (Å²) in [5, 5.41) is 5.98. The minimum atomic E-state index is -0.296. The highest BCUT2D eigenvalue weighted by atomic mass is 127. The topological polar surface area (TPSA) is 56.7 Å². The third kappa shape index (κ3) is 8.53. The Morgan fingerprint density at radius 3 is 2.43 bits per heavy atom. The number of hydrogen-bond donors (Lipinski definition) is 2. The lowest BCUT2D eigenvalue weighted by atomic mass is 10.2. The maximum Gasteiger partial charge on any atom is 0.241 e. The summed E-state index contributed by atoms with van der Waals surface area (Å²) in [4.78, 5) is 17.4.